The first kappa shape index (κ1) is 17.4. The highest BCUT2D eigenvalue weighted by Crippen LogP contribution is 2.33. The maximum Gasteiger partial charge on any atom is 0.315 e. The molecule has 0 radical (unpaired) electrons. The van der Waals surface area contributed by atoms with Crippen LogP contribution in [0.1, 0.15) is 44.9 Å². The van der Waals surface area contributed by atoms with Gasteiger partial charge in [0.15, 0.2) is 0 Å². The van der Waals surface area contributed by atoms with E-state index in [2.05, 4.69) is 16.7 Å². The molecule has 0 saturated carbocycles. The number of likely N-dealkylation sites (tertiary alicyclic amines) is 1. The monoisotopic (exact) mass is 350 g/mol. The first-order chi connectivity index (χ1) is 11.7. The van der Waals surface area contributed by atoms with Gasteiger partial charge in [-0.15, -0.1) is 0 Å². The second kappa shape index (κ2) is 8.11. The number of carbonyl (C=O) groups is 2. The van der Waals surface area contributed by atoms with Gasteiger partial charge in [0.2, 0.25) is 5.91 Å². The Balaban J connectivity index is 1.30. The number of thioether (sulfide) groups is 1. The van der Waals surface area contributed by atoms with Crippen molar-refractivity contribution in [3.05, 3.63) is 0 Å². The molecule has 0 bridgehead atoms. The van der Waals surface area contributed by atoms with Crippen molar-refractivity contribution in [2.24, 2.45) is 5.92 Å². The third-order valence-electron chi connectivity index (χ3n) is 5.41. The highest BCUT2D eigenvalue weighted by molar-refractivity contribution is 8.00. The van der Waals surface area contributed by atoms with E-state index in [4.69, 9.17) is 5.26 Å². The molecule has 0 aromatic carbocycles. The molecule has 3 aliphatic heterocycles. The Morgan fingerprint density at radius 3 is 2.83 bits per heavy atom. The molecule has 3 atom stereocenters. The molecular weight excluding hydrogens is 324 g/mol. The third kappa shape index (κ3) is 4.15. The van der Waals surface area contributed by atoms with Gasteiger partial charge in [0, 0.05) is 36.9 Å². The predicted molar refractivity (Wildman–Crippen MR) is 93.5 cm³/mol. The number of nitrogens with zero attached hydrogens (tertiary/aromatic N) is 2. The minimum Gasteiger partial charge on any atom is -0.343 e. The number of nitriles is 1. The van der Waals surface area contributed by atoms with Crippen molar-refractivity contribution in [2.45, 2.75) is 62.3 Å². The smallest absolute Gasteiger partial charge is 0.315 e. The van der Waals surface area contributed by atoms with E-state index < -0.39 is 0 Å². The molecule has 3 rings (SSSR count). The molecule has 3 fully saturated rings. The number of nitrogens with one attached hydrogen (secondary N) is 2. The lowest BCUT2D eigenvalue weighted by Crippen LogP contribution is -2.38. The Morgan fingerprint density at radius 2 is 2.08 bits per heavy atom. The van der Waals surface area contributed by atoms with Gasteiger partial charge in [-0.3, -0.25) is 4.79 Å². The third-order valence-corrected chi connectivity index (χ3v) is 6.92. The normalized spacial score (nSPS) is 29.7. The second-order valence-corrected chi connectivity index (χ2v) is 8.33. The summed E-state index contributed by atoms with van der Waals surface area (Å²) >= 11 is 1.93. The topological polar surface area (TPSA) is 85.2 Å². The number of unbranched alkanes of at least 4 members (excludes halogenated alkanes) is 1. The molecule has 2 N–H and O–H groups in total. The van der Waals surface area contributed by atoms with Gasteiger partial charge in [-0.05, 0) is 31.6 Å². The molecule has 24 heavy (non-hydrogen) atoms. The Bertz CT molecular complexity index is 513. The van der Waals surface area contributed by atoms with E-state index in [-0.39, 0.29) is 24.0 Å². The van der Waals surface area contributed by atoms with Crippen LogP contribution in [-0.4, -0.2) is 53.0 Å². The van der Waals surface area contributed by atoms with E-state index in [1.165, 1.54) is 0 Å². The van der Waals surface area contributed by atoms with Crippen LogP contribution in [0.3, 0.4) is 0 Å². The summed E-state index contributed by atoms with van der Waals surface area (Å²) in [5, 5.41) is 15.2. The number of hydrogen-bond acceptors (Lipinski definition) is 4. The van der Waals surface area contributed by atoms with Crippen LogP contribution in [0, 0.1) is 17.2 Å². The Morgan fingerprint density at radius 1 is 1.29 bits per heavy atom. The van der Waals surface area contributed by atoms with Gasteiger partial charge in [0.25, 0.3) is 0 Å². The molecule has 0 unspecified atom stereocenters. The van der Waals surface area contributed by atoms with Crippen molar-refractivity contribution in [1.29, 1.82) is 5.26 Å². The SMILES string of the molecule is N#CCC1CCN(C(=O)CCCC[C@@H]2SC[C@@H]3NC(=O)N[C@@H]32)CC1. The number of hydrogen-bond donors (Lipinski definition) is 2. The molecule has 3 aliphatic rings. The highest BCUT2D eigenvalue weighted by Gasteiger charge is 2.42. The van der Waals surface area contributed by atoms with E-state index >= 15 is 0 Å². The van der Waals surface area contributed by atoms with Crippen molar-refractivity contribution in [3.63, 3.8) is 0 Å². The largest absolute Gasteiger partial charge is 0.343 e. The molecule has 3 heterocycles. The van der Waals surface area contributed by atoms with E-state index in [1.54, 1.807) is 0 Å². The lowest BCUT2D eigenvalue weighted by molar-refractivity contribution is -0.132. The average molecular weight is 350 g/mol. The summed E-state index contributed by atoms with van der Waals surface area (Å²) in [5.41, 5.74) is 0. The molecule has 132 valence electrons. The fraction of sp³-hybridized carbons (Fsp3) is 0.824. The van der Waals surface area contributed by atoms with Gasteiger partial charge >= 0.3 is 6.03 Å². The fourth-order valence-corrected chi connectivity index (χ4v) is 5.48. The van der Waals surface area contributed by atoms with Gasteiger partial charge in [0.1, 0.15) is 0 Å². The van der Waals surface area contributed by atoms with E-state index in [1.807, 2.05) is 16.7 Å². The van der Waals surface area contributed by atoms with Crippen molar-refractivity contribution in [2.75, 3.05) is 18.8 Å². The Labute approximate surface area is 147 Å². The maximum atomic E-state index is 12.3. The first-order valence-electron chi connectivity index (χ1n) is 9.00. The quantitative estimate of drug-likeness (QED) is 0.566. The summed E-state index contributed by atoms with van der Waals surface area (Å²) in [6, 6.07) is 2.74. The zero-order valence-corrected chi connectivity index (χ0v) is 14.8. The Kier molecular flexibility index (Phi) is 5.88. The van der Waals surface area contributed by atoms with Crippen LogP contribution in [0.25, 0.3) is 0 Å². The van der Waals surface area contributed by atoms with Crippen LogP contribution in [0.15, 0.2) is 0 Å². The number of piperidine rings is 1. The zero-order chi connectivity index (χ0) is 16.9. The molecule has 0 spiro atoms. The fourth-order valence-electron chi connectivity index (χ4n) is 3.94. The van der Waals surface area contributed by atoms with Crippen molar-refractivity contribution >= 4 is 23.7 Å². The summed E-state index contributed by atoms with van der Waals surface area (Å²) < 4.78 is 0. The summed E-state index contributed by atoms with van der Waals surface area (Å²) in [4.78, 5) is 25.6. The van der Waals surface area contributed by atoms with Crippen molar-refractivity contribution < 1.29 is 9.59 Å². The molecule has 0 aliphatic carbocycles. The summed E-state index contributed by atoms with van der Waals surface area (Å²) in [6.45, 7) is 1.62. The number of carbonyl (C=O) groups excluding carboxylic acids is 2. The lowest BCUT2D eigenvalue weighted by atomic mass is 9.94. The van der Waals surface area contributed by atoms with Gasteiger partial charge in [-0.25, -0.2) is 4.79 Å². The van der Waals surface area contributed by atoms with E-state index in [0.717, 1.165) is 50.9 Å². The van der Waals surface area contributed by atoms with E-state index in [0.29, 0.717) is 24.0 Å². The second-order valence-electron chi connectivity index (χ2n) is 7.05. The van der Waals surface area contributed by atoms with Crippen LogP contribution < -0.4 is 10.6 Å². The van der Waals surface area contributed by atoms with Gasteiger partial charge in [-0.2, -0.15) is 17.0 Å². The maximum absolute atomic E-state index is 12.3. The minimum absolute atomic E-state index is 0.0368. The van der Waals surface area contributed by atoms with Crippen LogP contribution in [0.5, 0.6) is 0 Å². The number of amides is 3. The van der Waals surface area contributed by atoms with Crippen LogP contribution in [-0.2, 0) is 4.79 Å². The molecule has 0 aromatic heterocycles. The zero-order valence-electron chi connectivity index (χ0n) is 14.0. The number of urea groups is 1. The molecule has 3 saturated heterocycles. The lowest BCUT2D eigenvalue weighted by Gasteiger charge is -2.31. The molecule has 6 nitrogen and oxygen atoms in total. The minimum atomic E-state index is -0.0368. The highest BCUT2D eigenvalue weighted by atomic mass is 32.2. The van der Waals surface area contributed by atoms with Crippen molar-refractivity contribution in [1.82, 2.24) is 15.5 Å². The van der Waals surface area contributed by atoms with Gasteiger partial charge < -0.3 is 15.5 Å². The van der Waals surface area contributed by atoms with Crippen molar-refractivity contribution in [3.8, 4) is 6.07 Å². The van der Waals surface area contributed by atoms with Crippen LogP contribution in [0.4, 0.5) is 4.79 Å². The molecule has 0 aromatic rings. The predicted octanol–water partition coefficient (Wildman–Crippen LogP) is 1.86. The molecule has 7 heteroatoms. The Hall–Kier alpha value is -1.42. The summed E-state index contributed by atoms with van der Waals surface area (Å²) in [6.07, 6.45) is 6.20. The van der Waals surface area contributed by atoms with Crippen LogP contribution in [0.2, 0.25) is 0 Å². The summed E-state index contributed by atoms with van der Waals surface area (Å²) in [5.74, 6) is 1.73. The average Bonchev–Trinajstić information content (AvgIpc) is 3.12. The number of fused-ring (bicyclic) bond motifs is 1. The standard InChI is InChI=1S/C17H26N4O2S/c18-8-5-12-6-9-21(10-7-12)15(22)4-2-1-3-14-16-13(11-24-14)19-17(23)20-16/h12-14,16H,1-7,9-11H2,(H2,19,20,23)/t13-,14-,16-/m0/s1. The van der Waals surface area contributed by atoms with Gasteiger partial charge in [-0.1, -0.05) is 6.42 Å². The molecule has 3 amide bonds. The number of rotatable bonds is 6. The van der Waals surface area contributed by atoms with Crippen LogP contribution >= 0.6 is 11.8 Å². The van der Waals surface area contributed by atoms with Gasteiger partial charge in [0.05, 0.1) is 18.2 Å². The van der Waals surface area contributed by atoms with E-state index in [9.17, 15) is 9.59 Å². The first-order valence-corrected chi connectivity index (χ1v) is 10.1. The molecular formula is C17H26N4O2S. The summed E-state index contributed by atoms with van der Waals surface area (Å²) in [7, 11) is 0.